The Morgan fingerprint density at radius 1 is 1.10 bits per heavy atom. The van der Waals surface area contributed by atoms with Crippen LogP contribution in [0.4, 0.5) is 5.69 Å². The molecule has 0 bridgehead atoms. The molecule has 0 unspecified atom stereocenters. The summed E-state index contributed by atoms with van der Waals surface area (Å²) < 4.78 is 28.6. The monoisotopic (exact) mass is 429 g/mol. The maximum Gasteiger partial charge on any atom is 0.275 e. The molecule has 3 rings (SSSR count). The summed E-state index contributed by atoms with van der Waals surface area (Å²) in [5.74, 6) is -0.278. The van der Waals surface area contributed by atoms with Crippen molar-refractivity contribution in [3.63, 3.8) is 0 Å². The molecule has 2 N–H and O–H groups in total. The lowest BCUT2D eigenvalue weighted by molar-refractivity contribution is -0.121. The molecule has 1 amide bonds. The molecular weight excluding hydrogens is 402 g/mol. The van der Waals surface area contributed by atoms with Gasteiger partial charge in [0.15, 0.2) is 0 Å². The maximum atomic E-state index is 12.8. The van der Waals surface area contributed by atoms with Gasteiger partial charge in [0.2, 0.25) is 5.91 Å². The highest BCUT2D eigenvalue weighted by molar-refractivity contribution is 7.92. The number of nitrogens with one attached hydrogen (secondary N) is 2. The highest BCUT2D eigenvalue weighted by atomic mass is 32.2. The molecule has 1 aromatic carbocycles. The minimum Gasteiger partial charge on any atom is -0.354 e. The third-order valence-corrected chi connectivity index (χ3v) is 6.53. The minimum atomic E-state index is -3.89. The van der Waals surface area contributed by atoms with Crippen LogP contribution in [0, 0.1) is 6.92 Å². The summed E-state index contributed by atoms with van der Waals surface area (Å²) in [7, 11) is -3.89. The van der Waals surface area contributed by atoms with E-state index in [2.05, 4.69) is 16.1 Å². The van der Waals surface area contributed by atoms with Gasteiger partial charge in [0.1, 0.15) is 12.2 Å². The fourth-order valence-corrected chi connectivity index (χ4v) is 4.52. The Bertz CT molecular complexity index is 1090. The third kappa shape index (κ3) is 5.60. The van der Waals surface area contributed by atoms with Gasteiger partial charge in [0, 0.05) is 12.2 Å². The summed E-state index contributed by atoms with van der Waals surface area (Å²) in [5, 5.41) is 2.85. The Morgan fingerprint density at radius 3 is 2.57 bits per heavy atom. The molecule has 0 atom stereocenters. The number of sulfonamides is 1. The summed E-state index contributed by atoms with van der Waals surface area (Å²) >= 11 is 0. The van der Waals surface area contributed by atoms with Crippen molar-refractivity contribution < 1.29 is 13.2 Å². The zero-order valence-corrected chi connectivity index (χ0v) is 17.9. The van der Waals surface area contributed by atoms with Crippen molar-refractivity contribution >= 4 is 21.6 Å². The molecule has 1 aliphatic rings. The van der Waals surface area contributed by atoms with Crippen LogP contribution < -0.4 is 15.6 Å². The standard InChI is InChI=1S/C22H27N3O4S/c1-17-12-13-20(24-30(28,29)19-10-6-3-7-11-19)22(27)25(17)16-21(26)23-15-14-18-8-4-2-5-9-18/h3,6-8,10-13,24H,2,4-5,9,14-16H2,1H3,(H,23,26). The zero-order valence-electron chi connectivity index (χ0n) is 17.1. The van der Waals surface area contributed by atoms with E-state index >= 15 is 0 Å². The molecule has 7 nitrogen and oxygen atoms in total. The number of allylic oxidation sites excluding steroid dienone is 1. The topological polar surface area (TPSA) is 97.3 Å². The van der Waals surface area contributed by atoms with Gasteiger partial charge in [-0.2, -0.15) is 0 Å². The quantitative estimate of drug-likeness (QED) is 0.631. The van der Waals surface area contributed by atoms with Crippen molar-refractivity contribution in [2.45, 2.75) is 50.5 Å². The number of anilines is 1. The Labute approximate surface area is 176 Å². The summed E-state index contributed by atoms with van der Waals surface area (Å²) in [6, 6.07) is 10.9. The van der Waals surface area contributed by atoms with Crippen molar-refractivity contribution in [2.75, 3.05) is 11.3 Å². The second-order valence-electron chi connectivity index (χ2n) is 7.41. The van der Waals surface area contributed by atoms with Crippen molar-refractivity contribution in [1.29, 1.82) is 0 Å². The first-order valence-electron chi connectivity index (χ1n) is 10.1. The number of aromatic nitrogens is 1. The molecule has 0 aliphatic heterocycles. The number of hydrogen-bond acceptors (Lipinski definition) is 4. The van der Waals surface area contributed by atoms with Crippen LogP contribution in [0.5, 0.6) is 0 Å². The van der Waals surface area contributed by atoms with Gasteiger partial charge in [0.05, 0.1) is 4.90 Å². The molecule has 0 saturated carbocycles. The van der Waals surface area contributed by atoms with Gasteiger partial charge in [-0.25, -0.2) is 8.42 Å². The fraction of sp³-hybridized carbons (Fsp3) is 0.364. The van der Waals surface area contributed by atoms with E-state index in [0.29, 0.717) is 12.2 Å². The number of benzene rings is 1. The van der Waals surface area contributed by atoms with E-state index in [0.717, 1.165) is 19.3 Å². The largest absolute Gasteiger partial charge is 0.354 e. The van der Waals surface area contributed by atoms with Crippen molar-refractivity contribution in [3.05, 3.63) is 70.2 Å². The lowest BCUT2D eigenvalue weighted by Gasteiger charge is -2.15. The maximum absolute atomic E-state index is 12.8. The number of pyridine rings is 1. The second-order valence-corrected chi connectivity index (χ2v) is 9.09. The number of nitrogens with zero attached hydrogens (tertiary/aromatic N) is 1. The highest BCUT2D eigenvalue weighted by Crippen LogP contribution is 2.19. The highest BCUT2D eigenvalue weighted by Gasteiger charge is 2.17. The molecule has 30 heavy (non-hydrogen) atoms. The SMILES string of the molecule is Cc1ccc(NS(=O)(=O)c2ccccc2)c(=O)n1CC(=O)NCCC1=CCCCC1. The molecule has 1 aliphatic carbocycles. The van der Waals surface area contributed by atoms with Gasteiger partial charge in [-0.3, -0.25) is 14.3 Å². The molecule has 0 spiro atoms. The van der Waals surface area contributed by atoms with E-state index in [1.165, 1.54) is 41.2 Å². The summed E-state index contributed by atoms with van der Waals surface area (Å²) in [5.41, 5.74) is 1.30. The van der Waals surface area contributed by atoms with Crippen LogP contribution in [0.3, 0.4) is 0 Å². The van der Waals surface area contributed by atoms with E-state index in [1.807, 2.05) is 0 Å². The van der Waals surface area contributed by atoms with Gasteiger partial charge >= 0.3 is 0 Å². The number of aryl methyl sites for hydroxylation is 1. The summed E-state index contributed by atoms with van der Waals surface area (Å²) in [4.78, 5) is 25.2. The van der Waals surface area contributed by atoms with E-state index in [9.17, 15) is 18.0 Å². The number of carbonyl (C=O) groups is 1. The third-order valence-electron chi connectivity index (χ3n) is 5.15. The molecule has 1 aromatic heterocycles. The number of carbonyl (C=O) groups excluding carboxylic acids is 1. The molecule has 1 heterocycles. The summed E-state index contributed by atoms with van der Waals surface area (Å²) in [6.07, 6.45) is 7.66. The number of rotatable bonds is 8. The normalized spacial score (nSPS) is 14.1. The first-order valence-corrected chi connectivity index (χ1v) is 11.6. The van der Waals surface area contributed by atoms with E-state index in [4.69, 9.17) is 0 Å². The Balaban J connectivity index is 1.67. The van der Waals surface area contributed by atoms with Crippen LogP contribution in [0.1, 0.15) is 37.8 Å². The van der Waals surface area contributed by atoms with Gasteiger partial charge in [-0.1, -0.05) is 29.8 Å². The van der Waals surface area contributed by atoms with Crippen LogP contribution in [0.25, 0.3) is 0 Å². The van der Waals surface area contributed by atoms with Gasteiger partial charge in [-0.15, -0.1) is 0 Å². The fourth-order valence-electron chi connectivity index (χ4n) is 3.44. The molecular formula is C22H27N3O4S. The van der Waals surface area contributed by atoms with Crippen LogP contribution in [-0.2, 0) is 21.4 Å². The molecule has 0 saturated heterocycles. The first kappa shape index (κ1) is 21.8. The Kier molecular flexibility index (Phi) is 7.10. The molecule has 0 radical (unpaired) electrons. The van der Waals surface area contributed by atoms with Gasteiger partial charge in [-0.05, 0) is 63.3 Å². The van der Waals surface area contributed by atoms with Crippen LogP contribution in [0.15, 0.2) is 63.8 Å². The van der Waals surface area contributed by atoms with Crippen molar-refractivity contribution in [2.24, 2.45) is 0 Å². The Morgan fingerprint density at radius 2 is 1.87 bits per heavy atom. The van der Waals surface area contributed by atoms with Crippen LogP contribution in [0.2, 0.25) is 0 Å². The predicted octanol–water partition coefficient (Wildman–Crippen LogP) is 2.96. The van der Waals surface area contributed by atoms with Crippen LogP contribution in [-0.4, -0.2) is 25.4 Å². The van der Waals surface area contributed by atoms with Crippen molar-refractivity contribution in [3.8, 4) is 0 Å². The second kappa shape index (κ2) is 9.75. The summed E-state index contributed by atoms with van der Waals surface area (Å²) in [6.45, 7) is 2.07. The molecule has 0 fully saturated rings. The lowest BCUT2D eigenvalue weighted by Crippen LogP contribution is -2.35. The minimum absolute atomic E-state index is 0.0614. The molecule has 160 valence electrons. The van der Waals surface area contributed by atoms with E-state index in [1.54, 1.807) is 31.2 Å². The smallest absolute Gasteiger partial charge is 0.275 e. The predicted molar refractivity (Wildman–Crippen MR) is 117 cm³/mol. The molecule has 8 heteroatoms. The lowest BCUT2D eigenvalue weighted by atomic mass is 9.97. The number of hydrogen-bond donors (Lipinski definition) is 2. The van der Waals surface area contributed by atoms with E-state index in [-0.39, 0.29) is 23.0 Å². The van der Waals surface area contributed by atoms with Crippen LogP contribution >= 0.6 is 0 Å². The van der Waals surface area contributed by atoms with E-state index < -0.39 is 15.6 Å². The number of amides is 1. The average Bonchev–Trinajstić information content (AvgIpc) is 2.74. The van der Waals surface area contributed by atoms with Gasteiger partial charge < -0.3 is 9.88 Å². The molecule has 2 aromatic rings. The Hall–Kier alpha value is -2.87. The van der Waals surface area contributed by atoms with Gasteiger partial charge in [0.25, 0.3) is 15.6 Å². The van der Waals surface area contributed by atoms with Crippen molar-refractivity contribution in [1.82, 2.24) is 9.88 Å². The zero-order chi connectivity index (χ0) is 21.6. The first-order chi connectivity index (χ1) is 14.4. The average molecular weight is 430 g/mol.